The predicted molar refractivity (Wildman–Crippen MR) is 148 cm³/mol. The van der Waals surface area contributed by atoms with Gasteiger partial charge in [-0.05, 0) is 42.7 Å². The van der Waals surface area contributed by atoms with Gasteiger partial charge >= 0.3 is 0 Å². The summed E-state index contributed by atoms with van der Waals surface area (Å²) in [5.41, 5.74) is 5.82. The number of aromatic nitrogens is 2. The summed E-state index contributed by atoms with van der Waals surface area (Å²) in [5.74, 6) is 0.690. The zero-order valence-electron chi connectivity index (χ0n) is 20.6. The second-order valence-electron chi connectivity index (χ2n) is 10.5. The molecular formula is C30H27ClN4O2. The van der Waals surface area contributed by atoms with Crippen LogP contribution in [0.3, 0.4) is 0 Å². The molecule has 37 heavy (non-hydrogen) atoms. The van der Waals surface area contributed by atoms with E-state index >= 15 is 0 Å². The lowest BCUT2D eigenvalue weighted by Gasteiger charge is -2.43. The van der Waals surface area contributed by atoms with Gasteiger partial charge in [0, 0.05) is 83.2 Å². The first-order valence-corrected chi connectivity index (χ1v) is 13.1. The first-order chi connectivity index (χ1) is 18.0. The molecule has 0 spiro atoms. The molecule has 2 bridgehead atoms. The Balaban J connectivity index is 1.23. The van der Waals surface area contributed by atoms with Crippen molar-refractivity contribution in [2.45, 2.75) is 18.9 Å². The van der Waals surface area contributed by atoms with E-state index in [1.807, 2.05) is 59.0 Å². The lowest BCUT2D eigenvalue weighted by Crippen LogP contribution is -2.50. The first kappa shape index (κ1) is 22.6. The average molecular weight is 511 g/mol. The Kier molecular flexibility index (Phi) is 5.17. The van der Waals surface area contributed by atoms with Crippen LogP contribution in [0.4, 0.5) is 5.69 Å². The zero-order chi connectivity index (χ0) is 25.3. The quantitative estimate of drug-likeness (QED) is 0.366. The van der Waals surface area contributed by atoms with Crippen molar-refractivity contribution in [2.24, 2.45) is 13.0 Å². The monoisotopic (exact) mass is 510 g/mol. The van der Waals surface area contributed by atoms with Crippen molar-refractivity contribution in [1.29, 1.82) is 0 Å². The first-order valence-electron chi connectivity index (χ1n) is 12.8. The van der Waals surface area contributed by atoms with Gasteiger partial charge in [0.1, 0.15) is 0 Å². The van der Waals surface area contributed by atoms with Gasteiger partial charge in [-0.25, -0.2) is 0 Å². The fraction of sp³-hybridized carbons (Fsp3) is 0.267. The molecule has 3 aliphatic rings. The van der Waals surface area contributed by atoms with Gasteiger partial charge in [-0.3, -0.25) is 19.4 Å². The van der Waals surface area contributed by atoms with Crippen molar-refractivity contribution in [3.63, 3.8) is 0 Å². The van der Waals surface area contributed by atoms with Crippen LogP contribution in [0.25, 0.3) is 22.6 Å². The van der Waals surface area contributed by atoms with Crippen LogP contribution in [-0.4, -0.2) is 39.7 Å². The fourth-order valence-electron chi connectivity index (χ4n) is 6.56. The number of piperidine rings is 1. The number of pyridine rings is 1. The molecule has 0 saturated carbocycles. The number of carbonyl (C=O) groups is 1. The Morgan fingerprint density at radius 3 is 2.76 bits per heavy atom. The van der Waals surface area contributed by atoms with Crippen molar-refractivity contribution in [1.82, 2.24) is 14.0 Å². The van der Waals surface area contributed by atoms with Crippen LogP contribution in [0.2, 0.25) is 5.02 Å². The van der Waals surface area contributed by atoms with Crippen LogP contribution >= 0.6 is 11.6 Å². The van der Waals surface area contributed by atoms with Gasteiger partial charge in [-0.1, -0.05) is 41.9 Å². The van der Waals surface area contributed by atoms with Gasteiger partial charge in [0.2, 0.25) is 0 Å². The topological polar surface area (TPSA) is 50.5 Å². The SMILES string of the molecule is Cn1cc(C=C2C(=O)N(CN3CC4CC(C3)c3cccc(=O)n3C4)c3cc(Cl)ccc32)c2ccccc21. The number of carbonyl (C=O) groups excluding carboxylic acids is 1. The largest absolute Gasteiger partial charge is 0.350 e. The molecule has 0 N–H and O–H groups in total. The number of nitrogens with zero attached hydrogens (tertiary/aromatic N) is 4. The zero-order valence-corrected chi connectivity index (χ0v) is 21.4. The summed E-state index contributed by atoms with van der Waals surface area (Å²) in [6.07, 6.45) is 5.18. The van der Waals surface area contributed by atoms with Gasteiger partial charge in [0.15, 0.2) is 0 Å². The molecule has 0 aliphatic carbocycles. The number of aryl methyl sites for hydroxylation is 1. The highest BCUT2D eigenvalue weighted by Crippen LogP contribution is 2.41. The maximum Gasteiger partial charge on any atom is 0.260 e. The van der Waals surface area contributed by atoms with Gasteiger partial charge in [-0.2, -0.15) is 0 Å². The molecule has 3 aliphatic heterocycles. The van der Waals surface area contributed by atoms with E-state index in [1.165, 1.54) is 0 Å². The molecule has 1 saturated heterocycles. The lowest BCUT2D eigenvalue weighted by atomic mass is 9.83. The van der Waals surface area contributed by atoms with E-state index in [0.29, 0.717) is 29.1 Å². The number of hydrogen-bond donors (Lipinski definition) is 0. The molecule has 1 amide bonds. The van der Waals surface area contributed by atoms with E-state index in [-0.39, 0.29) is 11.5 Å². The van der Waals surface area contributed by atoms with Crippen molar-refractivity contribution in [2.75, 3.05) is 24.7 Å². The minimum atomic E-state index is -0.00227. The summed E-state index contributed by atoms with van der Waals surface area (Å²) >= 11 is 6.41. The number of fused-ring (bicyclic) bond motifs is 6. The molecule has 2 aromatic carbocycles. The predicted octanol–water partition coefficient (Wildman–Crippen LogP) is 4.96. The number of anilines is 1. The number of benzene rings is 2. The maximum atomic E-state index is 13.9. The van der Waals surface area contributed by atoms with Gasteiger partial charge < -0.3 is 9.13 Å². The molecule has 6 nitrogen and oxygen atoms in total. The van der Waals surface area contributed by atoms with Crippen molar-refractivity contribution in [3.05, 3.63) is 99.1 Å². The number of para-hydroxylation sites is 1. The Hall–Kier alpha value is -3.61. The number of amides is 1. The normalized spacial score (nSPS) is 22.1. The van der Waals surface area contributed by atoms with Gasteiger partial charge in [0.05, 0.1) is 12.4 Å². The van der Waals surface area contributed by atoms with E-state index in [1.54, 1.807) is 6.07 Å². The number of halogens is 1. The van der Waals surface area contributed by atoms with Crippen LogP contribution in [0.1, 0.15) is 29.2 Å². The van der Waals surface area contributed by atoms with Crippen LogP contribution in [0, 0.1) is 5.92 Å². The third kappa shape index (κ3) is 3.66. The third-order valence-electron chi connectivity index (χ3n) is 8.14. The van der Waals surface area contributed by atoms with Crippen molar-refractivity contribution < 1.29 is 4.79 Å². The van der Waals surface area contributed by atoms with Gasteiger partial charge in [0.25, 0.3) is 11.5 Å². The van der Waals surface area contributed by atoms with E-state index in [4.69, 9.17) is 11.6 Å². The number of likely N-dealkylation sites (tertiary alicyclic amines) is 1. The van der Waals surface area contributed by atoms with Gasteiger partial charge in [-0.15, -0.1) is 0 Å². The molecule has 7 rings (SSSR count). The molecule has 5 heterocycles. The smallest absolute Gasteiger partial charge is 0.260 e. The number of rotatable bonds is 3. The lowest BCUT2D eigenvalue weighted by molar-refractivity contribution is -0.113. The highest BCUT2D eigenvalue weighted by molar-refractivity contribution is 6.37. The Morgan fingerprint density at radius 1 is 1.00 bits per heavy atom. The molecule has 0 radical (unpaired) electrons. The Bertz CT molecular complexity index is 1670. The van der Waals surface area contributed by atoms with E-state index < -0.39 is 0 Å². The maximum absolute atomic E-state index is 13.9. The Morgan fingerprint density at radius 2 is 1.86 bits per heavy atom. The minimum Gasteiger partial charge on any atom is -0.350 e. The highest BCUT2D eigenvalue weighted by atomic mass is 35.5. The summed E-state index contributed by atoms with van der Waals surface area (Å²) in [4.78, 5) is 30.6. The molecule has 2 aromatic heterocycles. The third-order valence-corrected chi connectivity index (χ3v) is 8.38. The molecule has 186 valence electrons. The average Bonchev–Trinajstić information content (AvgIpc) is 3.34. The summed E-state index contributed by atoms with van der Waals surface area (Å²) in [6, 6.07) is 19.5. The van der Waals surface area contributed by atoms with Crippen molar-refractivity contribution >= 4 is 45.7 Å². The number of hydrogen-bond acceptors (Lipinski definition) is 3. The van der Waals surface area contributed by atoms with Crippen molar-refractivity contribution in [3.8, 4) is 0 Å². The minimum absolute atomic E-state index is 0.00227. The van der Waals surface area contributed by atoms with E-state index in [2.05, 4.69) is 33.9 Å². The van der Waals surface area contributed by atoms with E-state index in [9.17, 15) is 9.59 Å². The molecule has 4 aromatic rings. The van der Waals surface area contributed by atoms with Crippen LogP contribution in [0.5, 0.6) is 0 Å². The second kappa shape index (κ2) is 8.47. The van der Waals surface area contributed by atoms with Crippen LogP contribution in [-0.2, 0) is 18.4 Å². The summed E-state index contributed by atoms with van der Waals surface area (Å²) in [7, 11) is 2.03. The van der Waals surface area contributed by atoms with E-state index in [0.717, 1.165) is 59.5 Å². The van der Waals surface area contributed by atoms with Crippen LogP contribution in [0.15, 0.2) is 71.7 Å². The summed E-state index contributed by atoms with van der Waals surface area (Å²) in [5, 5.41) is 1.74. The standard InChI is InChI=1S/C30H27ClN4O2/c1-32-16-20(23-5-2-3-6-27(23)32)12-25-24-10-9-22(31)13-28(24)35(30(25)37)18-33-14-19-11-21(17-33)26-7-4-8-29(36)34(26)15-19/h2-10,12-13,16,19,21H,11,14-15,17-18H2,1H3. The summed E-state index contributed by atoms with van der Waals surface area (Å²) < 4.78 is 4.04. The molecule has 2 unspecified atom stereocenters. The Labute approximate surface area is 220 Å². The summed E-state index contributed by atoms with van der Waals surface area (Å²) in [6.45, 7) is 2.93. The molecule has 1 fully saturated rings. The second-order valence-corrected chi connectivity index (χ2v) is 11.0. The molecular weight excluding hydrogens is 484 g/mol. The fourth-order valence-corrected chi connectivity index (χ4v) is 6.73. The molecule has 7 heteroatoms. The highest BCUT2D eigenvalue weighted by Gasteiger charge is 2.38. The molecule has 2 atom stereocenters. The van der Waals surface area contributed by atoms with Crippen LogP contribution < -0.4 is 10.5 Å².